The Labute approximate surface area is 110 Å². The van der Waals surface area contributed by atoms with Crippen LogP contribution in [0.3, 0.4) is 0 Å². The fourth-order valence-corrected chi connectivity index (χ4v) is 2.08. The second kappa shape index (κ2) is 6.43. The van der Waals surface area contributed by atoms with Gasteiger partial charge in [0, 0.05) is 24.8 Å². The van der Waals surface area contributed by atoms with Crippen molar-refractivity contribution in [3.63, 3.8) is 0 Å². The van der Waals surface area contributed by atoms with Crippen molar-refractivity contribution in [2.45, 2.75) is 40.7 Å². The Morgan fingerprint density at radius 3 is 2.50 bits per heavy atom. The molecule has 3 heteroatoms. The molecule has 0 unspecified atom stereocenters. The molecule has 1 amide bonds. The molecule has 0 saturated carbocycles. The van der Waals surface area contributed by atoms with Gasteiger partial charge >= 0.3 is 0 Å². The number of nitrogens with zero attached hydrogens (tertiary/aromatic N) is 1. The summed E-state index contributed by atoms with van der Waals surface area (Å²) in [5.41, 5.74) is 2.86. The molecule has 0 atom stereocenters. The quantitative estimate of drug-likeness (QED) is 0.867. The normalized spacial score (nSPS) is 10.6. The fraction of sp³-hybridized carbons (Fsp3) is 0.533. The zero-order chi connectivity index (χ0) is 13.7. The van der Waals surface area contributed by atoms with Gasteiger partial charge in [-0.15, -0.1) is 0 Å². The van der Waals surface area contributed by atoms with Crippen molar-refractivity contribution >= 4 is 11.6 Å². The third-order valence-corrected chi connectivity index (χ3v) is 3.00. The van der Waals surface area contributed by atoms with E-state index in [1.807, 2.05) is 57.7 Å². The average Bonchev–Trinajstić information content (AvgIpc) is 2.29. The lowest BCUT2D eigenvalue weighted by atomic mass is 10.1. The van der Waals surface area contributed by atoms with Crippen LogP contribution in [0, 0.1) is 6.92 Å². The van der Waals surface area contributed by atoms with Gasteiger partial charge in [-0.05, 0) is 52.3 Å². The lowest BCUT2D eigenvalue weighted by Gasteiger charge is -2.26. The highest BCUT2D eigenvalue weighted by atomic mass is 16.2. The van der Waals surface area contributed by atoms with E-state index >= 15 is 0 Å². The van der Waals surface area contributed by atoms with E-state index in [0.717, 1.165) is 29.9 Å². The smallest absolute Gasteiger partial charge is 0.256 e. The average molecular weight is 248 g/mol. The molecule has 0 aliphatic rings. The van der Waals surface area contributed by atoms with Crippen LogP contribution in [-0.2, 0) is 0 Å². The number of hydrogen-bond donors (Lipinski definition) is 1. The molecule has 1 aromatic rings. The van der Waals surface area contributed by atoms with Crippen LogP contribution in [0.2, 0.25) is 0 Å². The third-order valence-electron chi connectivity index (χ3n) is 3.00. The molecule has 1 N–H and O–H groups in total. The molecular formula is C15H24N2O. The van der Waals surface area contributed by atoms with Crippen molar-refractivity contribution in [2.75, 3.05) is 18.4 Å². The molecule has 1 rings (SSSR count). The first kappa shape index (κ1) is 14.6. The van der Waals surface area contributed by atoms with Crippen LogP contribution < -0.4 is 5.32 Å². The highest BCUT2D eigenvalue weighted by Crippen LogP contribution is 2.20. The maximum absolute atomic E-state index is 12.5. The summed E-state index contributed by atoms with van der Waals surface area (Å²) in [7, 11) is 0. The Bertz CT molecular complexity index is 413. The number of amides is 1. The van der Waals surface area contributed by atoms with Crippen LogP contribution in [0.15, 0.2) is 18.2 Å². The minimum atomic E-state index is 0.100. The molecule has 0 aliphatic heterocycles. The fourth-order valence-electron chi connectivity index (χ4n) is 2.08. The molecule has 0 radical (unpaired) electrons. The Hall–Kier alpha value is -1.51. The van der Waals surface area contributed by atoms with Gasteiger partial charge in [-0.25, -0.2) is 0 Å². The monoisotopic (exact) mass is 248 g/mol. The van der Waals surface area contributed by atoms with Crippen molar-refractivity contribution in [3.05, 3.63) is 29.3 Å². The number of hydrogen-bond acceptors (Lipinski definition) is 2. The van der Waals surface area contributed by atoms with Crippen molar-refractivity contribution in [3.8, 4) is 0 Å². The van der Waals surface area contributed by atoms with E-state index < -0.39 is 0 Å². The topological polar surface area (TPSA) is 32.3 Å². The molecule has 0 spiro atoms. The molecule has 0 fully saturated rings. The van der Waals surface area contributed by atoms with Crippen LogP contribution in [0.1, 0.15) is 43.6 Å². The number of benzene rings is 1. The Kier molecular flexibility index (Phi) is 5.20. The van der Waals surface area contributed by atoms with Gasteiger partial charge < -0.3 is 10.2 Å². The maximum atomic E-state index is 12.5. The van der Waals surface area contributed by atoms with E-state index in [4.69, 9.17) is 0 Å². The lowest BCUT2D eigenvalue weighted by molar-refractivity contribution is 0.0718. The summed E-state index contributed by atoms with van der Waals surface area (Å²) >= 11 is 0. The second-order valence-electron chi connectivity index (χ2n) is 4.76. The van der Waals surface area contributed by atoms with Crippen LogP contribution in [-0.4, -0.2) is 29.9 Å². The summed E-state index contributed by atoms with van der Waals surface area (Å²) in [5.74, 6) is 0.100. The number of aryl methyl sites for hydroxylation is 1. The van der Waals surface area contributed by atoms with Crippen LogP contribution in [0.25, 0.3) is 0 Å². The molecule has 0 saturated heterocycles. The molecule has 18 heavy (non-hydrogen) atoms. The zero-order valence-corrected chi connectivity index (χ0v) is 12.1. The van der Waals surface area contributed by atoms with Crippen LogP contribution in [0.5, 0.6) is 0 Å². The van der Waals surface area contributed by atoms with Crippen molar-refractivity contribution < 1.29 is 4.79 Å². The highest BCUT2D eigenvalue weighted by molar-refractivity contribution is 5.99. The summed E-state index contributed by atoms with van der Waals surface area (Å²) in [5, 5.41) is 3.27. The van der Waals surface area contributed by atoms with E-state index in [0.29, 0.717) is 0 Å². The van der Waals surface area contributed by atoms with Gasteiger partial charge in [0.05, 0.1) is 5.56 Å². The number of carbonyl (C=O) groups excluding carboxylic acids is 1. The number of carbonyl (C=O) groups is 1. The van der Waals surface area contributed by atoms with Crippen molar-refractivity contribution in [2.24, 2.45) is 0 Å². The van der Waals surface area contributed by atoms with Crippen molar-refractivity contribution in [1.29, 1.82) is 0 Å². The minimum Gasteiger partial charge on any atom is -0.385 e. The Morgan fingerprint density at radius 1 is 1.33 bits per heavy atom. The van der Waals surface area contributed by atoms with Gasteiger partial charge in [-0.3, -0.25) is 4.79 Å². The van der Waals surface area contributed by atoms with Gasteiger partial charge in [-0.1, -0.05) is 6.07 Å². The summed E-state index contributed by atoms with van der Waals surface area (Å²) in [6, 6.07) is 6.16. The third kappa shape index (κ3) is 3.25. The maximum Gasteiger partial charge on any atom is 0.256 e. The number of anilines is 1. The molecule has 0 heterocycles. The molecule has 100 valence electrons. The first-order valence-corrected chi connectivity index (χ1v) is 6.66. The summed E-state index contributed by atoms with van der Waals surface area (Å²) in [4.78, 5) is 14.4. The molecule has 0 bridgehead atoms. The molecule has 1 aromatic carbocycles. The van der Waals surface area contributed by atoms with E-state index in [-0.39, 0.29) is 11.9 Å². The second-order valence-corrected chi connectivity index (χ2v) is 4.76. The highest BCUT2D eigenvalue weighted by Gasteiger charge is 2.19. The van der Waals surface area contributed by atoms with Gasteiger partial charge in [0.15, 0.2) is 0 Å². The first-order chi connectivity index (χ1) is 8.51. The van der Waals surface area contributed by atoms with E-state index in [1.165, 1.54) is 0 Å². The van der Waals surface area contributed by atoms with Gasteiger partial charge in [0.25, 0.3) is 5.91 Å². The molecule has 0 aliphatic carbocycles. The Morgan fingerprint density at radius 2 is 2.00 bits per heavy atom. The zero-order valence-electron chi connectivity index (χ0n) is 12.1. The summed E-state index contributed by atoms with van der Waals surface area (Å²) < 4.78 is 0. The minimum absolute atomic E-state index is 0.100. The number of rotatable bonds is 5. The number of nitrogens with one attached hydrogen (secondary N) is 1. The summed E-state index contributed by atoms with van der Waals surface area (Å²) in [6.45, 7) is 11.7. The van der Waals surface area contributed by atoms with Crippen LogP contribution >= 0.6 is 0 Å². The molecule has 3 nitrogen and oxygen atoms in total. The SMILES string of the molecule is CCNc1cc(C)ccc1C(=O)N(CC)C(C)C. The predicted octanol–water partition coefficient (Wildman–Crippen LogP) is 3.30. The molecular weight excluding hydrogens is 224 g/mol. The van der Waals surface area contributed by atoms with E-state index in [1.54, 1.807) is 0 Å². The summed E-state index contributed by atoms with van der Waals surface area (Å²) in [6.07, 6.45) is 0. The standard InChI is InChI=1S/C15H24N2O/c1-6-16-14-10-12(5)8-9-13(14)15(18)17(7-2)11(3)4/h8-11,16H,6-7H2,1-5H3. The lowest BCUT2D eigenvalue weighted by Crippen LogP contribution is -2.37. The molecule has 0 aromatic heterocycles. The van der Waals surface area contributed by atoms with Gasteiger partial charge in [0.1, 0.15) is 0 Å². The largest absolute Gasteiger partial charge is 0.385 e. The van der Waals surface area contributed by atoms with Crippen LogP contribution in [0.4, 0.5) is 5.69 Å². The van der Waals surface area contributed by atoms with Gasteiger partial charge in [-0.2, -0.15) is 0 Å². The first-order valence-electron chi connectivity index (χ1n) is 6.66. The van der Waals surface area contributed by atoms with E-state index in [9.17, 15) is 4.79 Å². The van der Waals surface area contributed by atoms with Gasteiger partial charge in [0.2, 0.25) is 0 Å². The van der Waals surface area contributed by atoms with E-state index in [2.05, 4.69) is 5.32 Å². The predicted molar refractivity (Wildman–Crippen MR) is 77.2 cm³/mol. The van der Waals surface area contributed by atoms with Crippen molar-refractivity contribution in [1.82, 2.24) is 4.90 Å². The Balaban J connectivity index is 3.11.